The summed E-state index contributed by atoms with van der Waals surface area (Å²) < 4.78 is 1.97. The van der Waals surface area contributed by atoms with Gasteiger partial charge in [0.2, 0.25) is 0 Å². The van der Waals surface area contributed by atoms with E-state index >= 15 is 0 Å². The maximum atomic E-state index is 9.40. The standard InChI is InChI=1S/C13H24N4O/c1-10(2)3-4-12-11(7-14)15-16-17(12)8-13(9-18)5-6-13/h10,18H,3-9,14H2,1-2H3. The van der Waals surface area contributed by atoms with Crippen LogP contribution in [0, 0.1) is 11.3 Å². The van der Waals surface area contributed by atoms with E-state index in [-0.39, 0.29) is 12.0 Å². The Bertz CT molecular complexity index is 396. The lowest BCUT2D eigenvalue weighted by Crippen LogP contribution is -2.19. The average Bonchev–Trinajstić information content (AvgIpc) is 3.01. The number of nitrogens with two attached hydrogens (primary N) is 1. The Morgan fingerprint density at radius 2 is 2.17 bits per heavy atom. The van der Waals surface area contributed by atoms with Gasteiger partial charge in [-0.25, -0.2) is 4.68 Å². The molecule has 3 N–H and O–H groups in total. The largest absolute Gasteiger partial charge is 0.396 e. The van der Waals surface area contributed by atoms with Crippen molar-refractivity contribution < 1.29 is 5.11 Å². The molecule has 0 bridgehead atoms. The highest BCUT2D eigenvalue weighted by atomic mass is 16.3. The second-order valence-corrected chi connectivity index (χ2v) is 5.94. The first-order valence-corrected chi connectivity index (χ1v) is 6.82. The van der Waals surface area contributed by atoms with Crippen molar-refractivity contribution in [3.8, 4) is 0 Å². The van der Waals surface area contributed by atoms with Crippen LogP contribution in [0.25, 0.3) is 0 Å². The van der Waals surface area contributed by atoms with E-state index in [1.165, 1.54) is 0 Å². The van der Waals surface area contributed by atoms with Gasteiger partial charge in [0.15, 0.2) is 0 Å². The van der Waals surface area contributed by atoms with Crippen molar-refractivity contribution in [2.75, 3.05) is 6.61 Å². The van der Waals surface area contributed by atoms with Crippen molar-refractivity contribution in [3.05, 3.63) is 11.4 Å². The molecule has 0 unspecified atom stereocenters. The Hall–Kier alpha value is -0.940. The molecule has 1 aromatic heterocycles. The van der Waals surface area contributed by atoms with Crippen LogP contribution in [0.5, 0.6) is 0 Å². The van der Waals surface area contributed by atoms with Gasteiger partial charge in [-0.2, -0.15) is 0 Å². The van der Waals surface area contributed by atoms with Crippen LogP contribution in [0.3, 0.4) is 0 Å². The molecular formula is C13H24N4O. The van der Waals surface area contributed by atoms with Gasteiger partial charge in [0, 0.05) is 12.0 Å². The highest BCUT2D eigenvalue weighted by Gasteiger charge is 2.43. The lowest BCUT2D eigenvalue weighted by atomic mass is 10.0. The molecule has 1 saturated carbocycles. The number of aliphatic hydroxyl groups excluding tert-OH is 1. The summed E-state index contributed by atoms with van der Waals surface area (Å²) >= 11 is 0. The number of hydrogen-bond acceptors (Lipinski definition) is 4. The third kappa shape index (κ3) is 2.90. The van der Waals surface area contributed by atoms with E-state index in [0.717, 1.165) is 43.6 Å². The van der Waals surface area contributed by atoms with Crippen LogP contribution in [-0.2, 0) is 19.5 Å². The molecule has 0 saturated heterocycles. The predicted molar refractivity (Wildman–Crippen MR) is 69.8 cm³/mol. The molecule has 1 aliphatic carbocycles. The maximum absolute atomic E-state index is 9.40. The van der Waals surface area contributed by atoms with Gasteiger partial charge in [0.25, 0.3) is 0 Å². The summed E-state index contributed by atoms with van der Waals surface area (Å²) in [6.45, 7) is 5.90. The Morgan fingerprint density at radius 3 is 2.67 bits per heavy atom. The molecule has 5 heteroatoms. The smallest absolute Gasteiger partial charge is 0.0994 e. The normalized spacial score (nSPS) is 17.4. The SMILES string of the molecule is CC(C)CCc1c(CN)nnn1CC1(CO)CC1. The molecule has 0 aliphatic heterocycles. The lowest BCUT2D eigenvalue weighted by Gasteiger charge is -2.14. The lowest BCUT2D eigenvalue weighted by molar-refractivity contribution is 0.188. The summed E-state index contributed by atoms with van der Waals surface area (Å²) in [4.78, 5) is 0. The number of hydrogen-bond donors (Lipinski definition) is 2. The summed E-state index contributed by atoms with van der Waals surface area (Å²) in [5.41, 5.74) is 7.84. The van der Waals surface area contributed by atoms with Gasteiger partial charge in [-0.3, -0.25) is 0 Å². The van der Waals surface area contributed by atoms with Crippen LogP contribution < -0.4 is 5.73 Å². The van der Waals surface area contributed by atoms with Gasteiger partial charge >= 0.3 is 0 Å². The Balaban J connectivity index is 2.11. The van der Waals surface area contributed by atoms with Crippen LogP contribution in [0.2, 0.25) is 0 Å². The first-order chi connectivity index (χ1) is 8.60. The molecule has 0 amide bonds. The highest BCUT2D eigenvalue weighted by molar-refractivity contribution is 5.11. The highest BCUT2D eigenvalue weighted by Crippen LogP contribution is 2.46. The van der Waals surface area contributed by atoms with E-state index in [4.69, 9.17) is 5.73 Å². The number of aromatic nitrogens is 3. The average molecular weight is 252 g/mol. The van der Waals surface area contributed by atoms with Crippen LogP contribution in [0.15, 0.2) is 0 Å². The van der Waals surface area contributed by atoms with Crippen molar-refractivity contribution >= 4 is 0 Å². The zero-order chi connectivity index (χ0) is 13.2. The summed E-state index contributed by atoms with van der Waals surface area (Å²) in [6, 6.07) is 0. The molecule has 2 rings (SSSR count). The predicted octanol–water partition coefficient (Wildman–Crippen LogP) is 1.10. The van der Waals surface area contributed by atoms with Crippen molar-refractivity contribution in [3.63, 3.8) is 0 Å². The molecule has 0 aromatic carbocycles. The van der Waals surface area contributed by atoms with Gasteiger partial charge in [-0.15, -0.1) is 5.10 Å². The first kappa shape index (κ1) is 13.5. The fraction of sp³-hybridized carbons (Fsp3) is 0.846. The molecule has 1 aliphatic rings. The van der Waals surface area contributed by atoms with Crippen molar-refractivity contribution in [2.45, 2.75) is 52.6 Å². The van der Waals surface area contributed by atoms with E-state index in [1.54, 1.807) is 0 Å². The molecule has 1 heterocycles. The quantitative estimate of drug-likeness (QED) is 0.762. The molecule has 1 aromatic rings. The van der Waals surface area contributed by atoms with Gasteiger partial charge < -0.3 is 10.8 Å². The molecule has 0 radical (unpaired) electrons. The van der Waals surface area contributed by atoms with E-state index in [0.29, 0.717) is 12.5 Å². The number of nitrogens with zero attached hydrogens (tertiary/aromatic N) is 3. The van der Waals surface area contributed by atoms with Crippen molar-refractivity contribution in [1.29, 1.82) is 0 Å². The van der Waals surface area contributed by atoms with E-state index < -0.39 is 0 Å². The zero-order valence-electron chi connectivity index (χ0n) is 11.4. The second-order valence-electron chi connectivity index (χ2n) is 5.94. The summed E-state index contributed by atoms with van der Waals surface area (Å²) in [5, 5.41) is 17.8. The first-order valence-electron chi connectivity index (χ1n) is 6.82. The van der Waals surface area contributed by atoms with Gasteiger partial charge in [0.05, 0.1) is 24.5 Å². The van der Waals surface area contributed by atoms with Crippen LogP contribution in [0.1, 0.15) is 44.5 Å². The van der Waals surface area contributed by atoms with Gasteiger partial charge in [-0.05, 0) is 31.6 Å². The third-order valence-corrected chi connectivity index (χ3v) is 3.85. The van der Waals surface area contributed by atoms with Gasteiger partial charge in [-0.1, -0.05) is 19.1 Å². The zero-order valence-corrected chi connectivity index (χ0v) is 11.4. The summed E-state index contributed by atoms with van der Waals surface area (Å²) in [7, 11) is 0. The minimum Gasteiger partial charge on any atom is -0.396 e. The molecule has 5 nitrogen and oxygen atoms in total. The van der Waals surface area contributed by atoms with E-state index in [1.807, 2.05) is 4.68 Å². The van der Waals surface area contributed by atoms with Gasteiger partial charge in [0.1, 0.15) is 0 Å². The fourth-order valence-electron chi connectivity index (χ4n) is 2.21. The second kappa shape index (κ2) is 5.36. The Morgan fingerprint density at radius 1 is 1.44 bits per heavy atom. The van der Waals surface area contributed by atoms with E-state index in [9.17, 15) is 5.11 Å². The number of aliphatic hydroxyl groups is 1. The molecule has 18 heavy (non-hydrogen) atoms. The fourth-order valence-corrected chi connectivity index (χ4v) is 2.21. The summed E-state index contributed by atoms with van der Waals surface area (Å²) in [6.07, 6.45) is 4.26. The molecule has 102 valence electrons. The minimum absolute atomic E-state index is 0.0617. The molecule has 0 spiro atoms. The van der Waals surface area contributed by atoms with Crippen molar-refractivity contribution in [2.24, 2.45) is 17.1 Å². The van der Waals surface area contributed by atoms with Crippen LogP contribution in [-0.4, -0.2) is 26.7 Å². The third-order valence-electron chi connectivity index (χ3n) is 3.85. The monoisotopic (exact) mass is 252 g/mol. The number of rotatable bonds is 7. The van der Waals surface area contributed by atoms with E-state index in [2.05, 4.69) is 24.2 Å². The summed E-state index contributed by atoms with van der Waals surface area (Å²) in [5.74, 6) is 0.659. The molecule has 0 atom stereocenters. The Labute approximate surface area is 108 Å². The van der Waals surface area contributed by atoms with Crippen molar-refractivity contribution in [1.82, 2.24) is 15.0 Å². The topological polar surface area (TPSA) is 77.0 Å². The van der Waals surface area contributed by atoms with Crippen LogP contribution in [0.4, 0.5) is 0 Å². The Kier molecular flexibility index (Phi) is 4.02. The molecule has 1 fully saturated rings. The van der Waals surface area contributed by atoms with Crippen LogP contribution >= 0.6 is 0 Å². The molecular weight excluding hydrogens is 228 g/mol. The maximum Gasteiger partial charge on any atom is 0.0994 e. The minimum atomic E-state index is 0.0617.